The molecule has 1 N–H and O–H groups in total. The van der Waals surface area contributed by atoms with Crippen molar-refractivity contribution in [1.82, 2.24) is 14.5 Å². The Morgan fingerprint density at radius 3 is 2.55 bits per heavy atom. The van der Waals surface area contributed by atoms with Gasteiger partial charge in [-0.05, 0) is 31.0 Å². The molecule has 0 spiro atoms. The summed E-state index contributed by atoms with van der Waals surface area (Å²) in [6.07, 6.45) is 0. The zero-order chi connectivity index (χ0) is 16.3. The first-order valence-corrected chi connectivity index (χ1v) is 8.78. The van der Waals surface area contributed by atoms with Gasteiger partial charge in [0.15, 0.2) is 0 Å². The van der Waals surface area contributed by atoms with Crippen molar-refractivity contribution in [2.45, 2.75) is 18.7 Å². The minimum atomic E-state index is -3.66. The topological polar surface area (TPSA) is 69.7 Å². The molecule has 1 aliphatic rings. The van der Waals surface area contributed by atoms with Gasteiger partial charge in [0.05, 0.1) is 11.4 Å². The molecule has 1 aliphatic heterocycles. The summed E-state index contributed by atoms with van der Waals surface area (Å²) in [4.78, 5) is 14.2. The highest BCUT2D eigenvalue weighted by Crippen LogP contribution is 2.20. The second kappa shape index (κ2) is 6.76. The predicted octanol–water partition coefficient (Wildman–Crippen LogP) is 0.356. The fourth-order valence-electron chi connectivity index (χ4n) is 2.44. The van der Waals surface area contributed by atoms with Crippen molar-refractivity contribution in [2.24, 2.45) is 0 Å². The normalized spacial score (nSPS) is 16.1. The average molecular weight is 325 g/mol. The Bertz CT molecular complexity index is 652. The lowest BCUT2D eigenvalue weighted by molar-refractivity contribution is -0.131. The van der Waals surface area contributed by atoms with Gasteiger partial charge in [-0.15, -0.1) is 0 Å². The summed E-state index contributed by atoms with van der Waals surface area (Å²) < 4.78 is 26.5. The van der Waals surface area contributed by atoms with Crippen LogP contribution in [0.5, 0.6) is 0 Å². The molecule has 1 fully saturated rings. The summed E-state index contributed by atoms with van der Waals surface area (Å²) in [7, 11) is -2.20. The quantitative estimate of drug-likeness (QED) is 0.867. The summed E-state index contributed by atoms with van der Waals surface area (Å²) in [5, 5.41) is 3.17. The van der Waals surface area contributed by atoms with Gasteiger partial charge in [-0.1, -0.05) is 12.1 Å². The maximum atomic E-state index is 12.7. The van der Waals surface area contributed by atoms with E-state index >= 15 is 0 Å². The zero-order valence-corrected chi connectivity index (χ0v) is 14.1. The molecule has 1 saturated heterocycles. The van der Waals surface area contributed by atoms with Crippen LogP contribution in [0.25, 0.3) is 0 Å². The minimum absolute atomic E-state index is 0.129. The van der Waals surface area contributed by atoms with Gasteiger partial charge in [0, 0.05) is 33.2 Å². The van der Waals surface area contributed by atoms with Gasteiger partial charge < -0.3 is 10.2 Å². The molecule has 0 unspecified atom stereocenters. The molecule has 0 aliphatic carbocycles. The van der Waals surface area contributed by atoms with Crippen LogP contribution in [-0.2, 0) is 14.8 Å². The van der Waals surface area contributed by atoms with Crippen molar-refractivity contribution in [3.8, 4) is 0 Å². The summed E-state index contributed by atoms with van der Waals surface area (Å²) in [6, 6.07) is 5.31. The van der Waals surface area contributed by atoms with Gasteiger partial charge in [0.25, 0.3) is 0 Å². The number of hydrogen-bond donors (Lipinski definition) is 1. The number of likely N-dealkylation sites (N-methyl/N-ethyl adjacent to an activating group) is 1. The first-order chi connectivity index (χ1) is 10.3. The van der Waals surface area contributed by atoms with E-state index in [2.05, 4.69) is 5.32 Å². The van der Waals surface area contributed by atoms with E-state index < -0.39 is 10.0 Å². The largest absolute Gasteiger partial charge is 0.339 e. The second-order valence-electron chi connectivity index (χ2n) is 5.66. The molecule has 1 heterocycles. The number of carbonyl (C=O) groups is 1. The third kappa shape index (κ3) is 3.66. The molecule has 1 aromatic rings. The van der Waals surface area contributed by atoms with E-state index in [1.165, 1.54) is 7.05 Å². The van der Waals surface area contributed by atoms with Gasteiger partial charge in [-0.3, -0.25) is 4.79 Å². The Kier molecular flexibility index (Phi) is 5.20. The molecule has 1 aromatic carbocycles. The molecule has 0 radical (unpaired) electrons. The molecular formula is C15H23N3O3S. The van der Waals surface area contributed by atoms with Gasteiger partial charge >= 0.3 is 0 Å². The molecule has 0 bridgehead atoms. The Balaban J connectivity index is 2.15. The van der Waals surface area contributed by atoms with E-state index in [0.29, 0.717) is 18.7 Å². The molecule has 1 amide bonds. The molecule has 0 aromatic heterocycles. The molecular weight excluding hydrogens is 302 g/mol. The van der Waals surface area contributed by atoms with Crippen molar-refractivity contribution in [2.75, 3.05) is 39.8 Å². The Morgan fingerprint density at radius 2 is 1.91 bits per heavy atom. The lowest BCUT2D eigenvalue weighted by Crippen LogP contribution is -2.49. The third-order valence-corrected chi connectivity index (χ3v) is 5.80. The number of benzene rings is 1. The zero-order valence-electron chi connectivity index (χ0n) is 13.3. The van der Waals surface area contributed by atoms with Crippen molar-refractivity contribution in [3.05, 3.63) is 29.3 Å². The molecule has 0 saturated carbocycles. The number of sulfonamides is 1. The van der Waals surface area contributed by atoms with Crippen LogP contribution in [0.2, 0.25) is 0 Å². The van der Waals surface area contributed by atoms with Gasteiger partial charge in [0.2, 0.25) is 15.9 Å². The Hall–Kier alpha value is -1.44. The van der Waals surface area contributed by atoms with Crippen molar-refractivity contribution in [3.63, 3.8) is 0 Å². The highest BCUT2D eigenvalue weighted by molar-refractivity contribution is 7.89. The van der Waals surface area contributed by atoms with Gasteiger partial charge in [-0.25, -0.2) is 8.42 Å². The van der Waals surface area contributed by atoms with Crippen molar-refractivity contribution >= 4 is 15.9 Å². The number of rotatable bonds is 4. The molecule has 122 valence electrons. The van der Waals surface area contributed by atoms with E-state index in [4.69, 9.17) is 0 Å². The van der Waals surface area contributed by atoms with E-state index in [9.17, 15) is 13.2 Å². The SMILES string of the molecule is Cc1ccc(C)c(S(=O)(=O)N(C)CC(=O)N2CCNCC2)c1. The third-order valence-electron chi connectivity index (χ3n) is 3.86. The highest BCUT2D eigenvalue weighted by Gasteiger charge is 2.27. The first-order valence-electron chi connectivity index (χ1n) is 7.34. The van der Waals surface area contributed by atoms with Gasteiger partial charge in [-0.2, -0.15) is 4.31 Å². The van der Waals surface area contributed by atoms with Crippen molar-refractivity contribution in [1.29, 1.82) is 0 Å². The van der Waals surface area contributed by atoms with Crippen LogP contribution in [0.15, 0.2) is 23.1 Å². The average Bonchev–Trinajstić information content (AvgIpc) is 2.50. The second-order valence-corrected chi connectivity index (χ2v) is 7.67. The molecule has 22 heavy (non-hydrogen) atoms. The van der Waals surface area contributed by atoms with E-state index in [1.807, 2.05) is 13.0 Å². The molecule has 7 heteroatoms. The summed E-state index contributed by atoms with van der Waals surface area (Å²) in [5.74, 6) is -0.155. The van der Waals surface area contributed by atoms with Crippen LogP contribution < -0.4 is 5.32 Å². The molecule has 2 rings (SSSR count). The summed E-state index contributed by atoms with van der Waals surface area (Å²) in [5.41, 5.74) is 1.57. The number of nitrogens with one attached hydrogen (secondary N) is 1. The number of nitrogens with zero attached hydrogens (tertiary/aromatic N) is 2. The van der Waals surface area contributed by atoms with E-state index in [0.717, 1.165) is 23.0 Å². The predicted molar refractivity (Wildman–Crippen MR) is 85.2 cm³/mol. The van der Waals surface area contributed by atoms with Gasteiger partial charge in [0.1, 0.15) is 0 Å². The number of piperazine rings is 1. The lowest BCUT2D eigenvalue weighted by Gasteiger charge is -2.29. The van der Waals surface area contributed by atoms with Crippen LogP contribution in [-0.4, -0.2) is 63.3 Å². The first kappa shape index (κ1) is 16.9. The van der Waals surface area contributed by atoms with Crippen LogP contribution in [0.4, 0.5) is 0 Å². The molecule has 6 nitrogen and oxygen atoms in total. The smallest absolute Gasteiger partial charge is 0.243 e. The van der Waals surface area contributed by atoms with E-state index in [1.54, 1.807) is 24.0 Å². The minimum Gasteiger partial charge on any atom is -0.339 e. The van der Waals surface area contributed by atoms with Crippen LogP contribution in [0, 0.1) is 13.8 Å². The van der Waals surface area contributed by atoms with Crippen LogP contribution >= 0.6 is 0 Å². The standard InChI is InChI=1S/C15H23N3O3S/c1-12-4-5-13(2)14(10-12)22(20,21)17(3)11-15(19)18-8-6-16-7-9-18/h4-5,10,16H,6-9,11H2,1-3H3. The fourth-order valence-corrected chi connectivity index (χ4v) is 3.87. The monoisotopic (exact) mass is 325 g/mol. The number of hydrogen-bond acceptors (Lipinski definition) is 4. The number of aryl methyl sites for hydroxylation is 2. The lowest BCUT2D eigenvalue weighted by atomic mass is 10.2. The summed E-state index contributed by atoms with van der Waals surface area (Å²) >= 11 is 0. The maximum absolute atomic E-state index is 12.7. The Labute approximate surface area is 132 Å². The number of amides is 1. The summed E-state index contributed by atoms with van der Waals surface area (Å²) in [6.45, 7) is 6.23. The van der Waals surface area contributed by atoms with E-state index in [-0.39, 0.29) is 17.3 Å². The number of carbonyl (C=O) groups excluding carboxylic acids is 1. The van der Waals surface area contributed by atoms with Crippen molar-refractivity contribution < 1.29 is 13.2 Å². The Morgan fingerprint density at radius 1 is 1.27 bits per heavy atom. The van der Waals surface area contributed by atoms with Crippen LogP contribution in [0.1, 0.15) is 11.1 Å². The fraction of sp³-hybridized carbons (Fsp3) is 0.533. The molecule has 0 atom stereocenters. The maximum Gasteiger partial charge on any atom is 0.243 e. The highest BCUT2D eigenvalue weighted by atomic mass is 32.2. The van der Waals surface area contributed by atoms with Crippen LogP contribution in [0.3, 0.4) is 0 Å².